The minimum absolute atomic E-state index is 0.112. The van der Waals surface area contributed by atoms with Crippen LogP contribution in [-0.2, 0) is 28.4 Å². The standard InChI is InChI=1S/C39H42O21/c1-15-25(44)28(47)30(49)36(56-15)53-12-23-26(45)29(48)33(60-38-34(50)39(52,14-55-38)13-54-35(51)16-5-3-2-4-6-16)37(58-23)59-32-27(46)24-21(43)10-18(40)11-22(24)57-31(32)17-7-8-19(41)20(42)9-17/h2-11,15,23,25-26,28-30,33-34,36-38,40-45,47-50,52H,12-14H2,1H3/t15-,23+,25-,26+,28+,29-,30+,33+,34-,36+,37-,38-,39+/m0/s1. The van der Waals surface area contributed by atoms with Crippen LogP contribution >= 0.6 is 0 Å². The number of aromatic hydroxyl groups is 4. The highest BCUT2D eigenvalue weighted by atomic mass is 16.8. The van der Waals surface area contributed by atoms with Gasteiger partial charge in [-0.1, -0.05) is 18.2 Å². The molecule has 11 N–H and O–H groups in total. The highest BCUT2D eigenvalue weighted by Crippen LogP contribution is 2.40. The van der Waals surface area contributed by atoms with E-state index in [1.807, 2.05) is 0 Å². The molecule has 0 aliphatic carbocycles. The average Bonchev–Trinajstić information content (AvgIpc) is 3.50. The molecule has 4 aromatic rings. The molecule has 3 aliphatic rings. The first-order valence-electron chi connectivity index (χ1n) is 18.4. The Hall–Kier alpha value is -5.14. The molecule has 3 saturated heterocycles. The van der Waals surface area contributed by atoms with Crippen LogP contribution in [0, 0.1) is 0 Å². The molecule has 0 amide bonds. The van der Waals surface area contributed by atoms with Gasteiger partial charge in [0, 0.05) is 17.7 Å². The Bertz CT molecular complexity index is 2230. The summed E-state index contributed by atoms with van der Waals surface area (Å²) in [6.07, 6.45) is -21.1. The van der Waals surface area contributed by atoms with Gasteiger partial charge in [-0.15, -0.1) is 0 Å². The van der Waals surface area contributed by atoms with Gasteiger partial charge >= 0.3 is 5.97 Å². The molecule has 0 radical (unpaired) electrons. The Kier molecular flexibility index (Phi) is 12.2. The van der Waals surface area contributed by atoms with Gasteiger partial charge in [-0.05, 0) is 37.3 Å². The van der Waals surface area contributed by atoms with Crippen molar-refractivity contribution in [3.63, 3.8) is 0 Å². The minimum Gasteiger partial charge on any atom is -0.508 e. The number of hydrogen-bond acceptors (Lipinski definition) is 21. The highest BCUT2D eigenvalue weighted by Gasteiger charge is 2.55. The summed E-state index contributed by atoms with van der Waals surface area (Å²) in [7, 11) is 0. The monoisotopic (exact) mass is 846 g/mol. The summed E-state index contributed by atoms with van der Waals surface area (Å²) in [5.41, 5.74) is -3.71. The summed E-state index contributed by atoms with van der Waals surface area (Å²) in [6.45, 7) is -0.785. The second-order valence-electron chi connectivity index (χ2n) is 14.6. The van der Waals surface area contributed by atoms with Crippen LogP contribution in [0.4, 0.5) is 0 Å². The number of ether oxygens (including phenoxy) is 7. The molecule has 0 saturated carbocycles. The number of phenolic OH excluding ortho intramolecular Hbond substituents is 4. The van der Waals surface area contributed by atoms with Crippen LogP contribution in [0.25, 0.3) is 22.3 Å². The lowest BCUT2D eigenvalue weighted by atomic mass is 9.97. The maximum Gasteiger partial charge on any atom is 0.338 e. The maximum atomic E-state index is 14.2. The van der Waals surface area contributed by atoms with Crippen molar-refractivity contribution in [3.8, 4) is 40.1 Å². The van der Waals surface area contributed by atoms with Crippen molar-refractivity contribution in [2.75, 3.05) is 19.8 Å². The zero-order valence-corrected chi connectivity index (χ0v) is 31.3. The molecule has 3 aliphatic heterocycles. The molecule has 3 aromatic carbocycles. The zero-order valence-electron chi connectivity index (χ0n) is 31.3. The second kappa shape index (κ2) is 17.1. The van der Waals surface area contributed by atoms with Crippen molar-refractivity contribution in [2.45, 2.75) is 86.3 Å². The molecule has 0 bridgehead atoms. The van der Waals surface area contributed by atoms with E-state index in [0.717, 1.165) is 24.3 Å². The number of carbonyl (C=O) groups is 1. The van der Waals surface area contributed by atoms with Crippen molar-refractivity contribution in [2.24, 2.45) is 0 Å². The van der Waals surface area contributed by atoms with Gasteiger partial charge in [-0.3, -0.25) is 4.79 Å². The Morgan fingerprint density at radius 1 is 0.800 bits per heavy atom. The quantitative estimate of drug-likeness (QED) is 0.0613. The number of hydrogen-bond donors (Lipinski definition) is 11. The SMILES string of the molecule is C[C@@H]1O[C@@H](OC[C@H]2O[C@@H](Oc3c(-c4ccc(O)c(O)c4)oc4cc(O)cc(O)c4c3=O)[C@H](O[C@@H]3OC[C@](O)(COC(=O)c4ccccc4)[C@H]3O)[C@@H](O)[C@@H]2O)[C@H](O)[C@H](O)[C@H]1O. The summed E-state index contributed by atoms with van der Waals surface area (Å²) < 4.78 is 45.6. The number of fused-ring (bicyclic) bond motifs is 1. The van der Waals surface area contributed by atoms with Crippen molar-refractivity contribution in [1.82, 2.24) is 0 Å². The van der Waals surface area contributed by atoms with Crippen molar-refractivity contribution < 1.29 is 98.5 Å². The van der Waals surface area contributed by atoms with E-state index in [-0.39, 0.29) is 16.7 Å². The van der Waals surface area contributed by atoms with E-state index in [4.69, 9.17) is 37.6 Å². The molecule has 7 rings (SSSR count). The van der Waals surface area contributed by atoms with E-state index in [1.54, 1.807) is 18.2 Å². The van der Waals surface area contributed by atoms with Gasteiger partial charge in [0.05, 0.1) is 24.9 Å². The number of aliphatic hydroxyl groups is 7. The fraction of sp³-hybridized carbons (Fsp3) is 0.436. The number of aliphatic hydroxyl groups excluding tert-OH is 6. The zero-order chi connectivity index (χ0) is 43.2. The average molecular weight is 847 g/mol. The van der Waals surface area contributed by atoms with E-state index >= 15 is 0 Å². The molecule has 4 heterocycles. The van der Waals surface area contributed by atoms with Crippen LogP contribution in [-0.4, -0.2) is 161 Å². The summed E-state index contributed by atoms with van der Waals surface area (Å²) in [5.74, 6) is -4.60. The lowest BCUT2D eigenvalue weighted by Crippen LogP contribution is -2.63. The third-order valence-electron chi connectivity index (χ3n) is 10.3. The van der Waals surface area contributed by atoms with Crippen LogP contribution in [0.3, 0.4) is 0 Å². The lowest BCUT2D eigenvalue weighted by Gasteiger charge is -2.44. The Morgan fingerprint density at radius 3 is 2.25 bits per heavy atom. The van der Waals surface area contributed by atoms with Crippen LogP contribution < -0.4 is 10.2 Å². The predicted octanol–water partition coefficient (Wildman–Crippen LogP) is -1.36. The molecular weight excluding hydrogens is 804 g/mol. The summed E-state index contributed by atoms with van der Waals surface area (Å²) in [4.78, 5) is 26.8. The van der Waals surface area contributed by atoms with Gasteiger partial charge < -0.3 is 93.7 Å². The van der Waals surface area contributed by atoms with Gasteiger partial charge in [0.2, 0.25) is 17.5 Å². The van der Waals surface area contributed by atoms with Crippen molar-refractivity contribution in [1.29, 1.82) is 0 Å². The van der Waals surface area contributed by atoms with Gasteiger partial charge in [-0.2, -0.15) is 0 Å². The normalized spacial score (nSPS) is 33.1. The van der Waals surface area contributed by atoms with Crippen molar-refractivity contribution in [3.05, 3.63) is 76.5 Å². The fourth-order valence-electron chi connectivity index (χ4n) is 6.87. The molecule has 0 spiro atoms. The third kappa shape index (κ3) is 8.30. The third-order valence-corrected chi connectivity index (χ3v) is 10.3. The Labute approximate surface area is 337 Å². The number of carbonyl (C=O) groups excluding carboxylic acids is 1. The molecule has 21 heteroatoms. The first kappa shape index (κ1) is 43.0. The number of benzene rings is 3. The van der Waals surface area contributed by atoms with Gasteiger partial charge in [0.15, 0.2) is 41.5 Å². The second-order valence-corrected chi connectivity index (χ2v) is 14.6. The largest absolute Gasteiger partial charge is 0.508 e. The number of phenols is 4. The molecule has 1 aromatic heterocycles. The first-order chi connectivity index (χ1) is 28.5. The fourth-order valence-corrected chi connectivity index (χ4v) is 6.87. The van der Waals surface area contributed by atoms with Gasteiger partial charge in [-0.25, -0.2) is 4.79 Å². The summed E-state index contributed by atoms with van der Waals surface area (Å²) in [5, 5.41) is 117. The molecule has 13 atom stereocenters. The highest BCUT2D eigenvalue weighted by molar-refractivity contribution is 5.89. The topological polar surface area (TPSA) is 334 Å². The molecule has 0 unspecified atom stereocenters. The predicted molar refractivity (Wildman–Crippen MR) is 196 cm³/mol. The minimum atomic E-state index is -2.27. The van der Waals surface area contributed by atoms with E-state index in [1.165, 1.54) is 25.1 Å². The van der Waals surface area contributed by atoms with E-state index in [2.05, 4.69) is 0 Å². The number of esters is 1. The molecule has 3 fully saturated rings. The molecule has 60 heavy (non-hydrogen) atoms. The van der Waals surface area contributed by atoms with Crippen LogP contribution in [0.5, 0.6) is 28.7 Å². The Balaban J connectivity index is 1.22. The van der Waals surface area contributed by atoms with E-state index in [9.17, 15) is 65.8 Å². The summed E-state index contributed by atoms with van der Waals surface area (Å²) >= 11 is 0. The van der Waals surface area contributed by atoms with Gasteiger partial charge in [0.1, 0.15) is 71.8 Å². The van der Waals surface area contributed by atoms with Crippen LogP contribution in [0.2, 0.25) is 0 Å². The lowest BCUT2D eigenvalue weighted by molar-refractivity contribution is -0.335. The van der Waals surface area contributed by atoms with Gasteiger partial charge in [0.25, 0.3) is 0 Å². The Morgan fingerprint density at radius 2 is 1.53 bits per heavy atom. The summed E-state index contributed by atoms with van der Waals surface area (Å²) in [6, 6.07) is 12.8. The first-order valence-corrected chi connectivity index (χ1v) is 18.4. The maximum absolute atomic E-state index is 14.2. The number of rotatable bonds is 11. The van der Waals surface area contributed by atoms with Crippen LogP contribution in [0.1, 0.15) is 17.3 Å². The molecule has 324 valence electrons. The van der Waals surface area contributed by atoms with Crippen molar-refractivity contribution >= 4 is 16.9 Å². The molecule has 21 nitrogen and oxygen atoms in total. The molecular formula is C39H42O21. The van der Waals surface area contributed by atoms with E-state index in [0.29, 0.717) is 0 Å². The van der Waals surface area contributed by atoms with Crippen LogP contribution in [0.15, 0.2) is 69.9 Å². The van der Waals surface area contributed by atoms with E-state index < -0.39 is 151 Å². The smallest absolute Gasteiger partial charge is 0.338 e.